The smallest absolute Gasteiger partial charge is 0.00787 e. The van der Waals surface area contributed by atoms with Crippen LogP contribution in [0.1, 0.15) is 37.7 Å². The van der Waals surface area contributed by atoms with Gasteiger partial charge in [0.05, 0.1) is 0 Å². The molecule has 0 nitrogen and oxygen atoms in total. The highest BCUT2D eigenvalue weighted by Gasteiger charge is 2.18. The van der Waals surface area contributed by atoms with Crippen LogP contribution in [0.15, 0.2) is 90.5 Å². The first-order chi connectivity index (χ1) is 12.9. The predicted molar refractivity (Wildman–Crippen MR) is 116 cm³/mol. The maximum Gasteiger partial charge on any atom is -0.00787 e. The van der Waals surface area contributed by atoms with Gasteiger partial charge in [0, 0.05) is 0 Å². The first-order valence-electron chi connectivity index (χ1n) is 9.60. The molecule has 0 heterocycles. The van der Waals surface area contributed by atoms with Crippen LogP contribution in [0.5, 0.6) is 0 Å². The summed E-state index contributed by atoms with van der Waals surface area (Å²) in [5.74, 6) is 0. The maximum absolute atomic E-state index is 2.48. The van der Waals surface area contributed by atoms with Crippen molar-refractivity contribution in [1.29, 1.82) is 0 Å². The van der Waals surface area contributed by atoms with Gasteiger partial charge < -0.3 is 0 Å². The number of benzene rings is 3. The molecule has 0 N–H and O–H groups in total. The number of allylic oxidation sites excluding steroid dienone is 1. The molecule has 0 amide bonds. The number of hydrogen-bond donors (Lipinski definition) is 0. The minimum absolute atomic E-state index is 0.538. The molecule has 1 aliphatic carbocycles. The Bertz CT molecular complexity index is 817. The van der Waals surface area contributed by atoms with Crippen LogP contribution in [-0.4, -0.2) is 0 Å². The Morgan fingerprint density at radius 2 is 1.12 bits per heavy atom. The maximum atomic E-state index is 2.48. The molecule has 0 aliphatic heterocycles. The molecule has 3 aromatic carbocycles. The van der Waals surface area contributed by atoms with Crippen molar-refractivity contribution in [3.63, 3.8) is 0 Å². The zero-order valence-corrected chi connectivity index (χ0v) is 16.0. The van der Waals surface area contributed by atoms with E-state index in [1.807, 2.05) is 0 Å². The van der Waals surface area contributed by atoms with E-state index in [9.17, 15) is 0 Å². The highest BCUT2D eigenvalue weighted by Crippen LogP contribution is 2.35. The molecule has 0 bridgehead atoms. The van der Waals surface area contributed by atoms with Crippen LogP contribution in [0.3, 0.4) is 0 Å². The second kappa shape index (κ2) is 8.47. The molecule has 130 valence electrons. The van der Waals surface area contributed by atoms with Gasteiger partial charge in [0.15, 0.2) is 0 Å². The van der Waals surface area contributed by atoms with Crippen molar-refractivity contribution >= 4 is 29.9 Å². The molecule has 0 radical (unpaired) electrons. The third kappa shape index (κ3) is 3.97. The Labute approximate surface area is 158 Å². The number of rotatable bonds is 4. The van der Waals surface area contributed by atoms with E-state index in [0.29, 0.717) is 0 Å². The molecule has 3 aromatic rings. The molecule has 4 rings (SSSR count). The molecular weight excluding hydrogens is 331 g/mol. The molecule has 0 saturated heterocycles. The van der Waals surface area contributed by atoms with Crippen LogP contribution in [0, 0.1) is 0 Å². The van der Waals surface area contributed by atoms with Gasteiger partial charge in [0.2, 0.25) is 0 Å². The van der Waals surface area contributed by atoms with E-state index >= 15 is 0 Å². The third-order valence-electron chi connectivity index (χ3n) is 5.06. The topological polar surface area (TPSA) is 0 Å². The van der Waals surface area contributed by atoms with Crippen LogP contribution in [0.25, 0.3) is 6.08 Å². The zero-order valence-electron chi connectivity index (χ0n) is 15.1. The summed E-state index contributed by atoms with van der Waals surface area (Å²) in [6.45, 7) is 0. The molecule has 1 heteroatoms. The summed E-state index contributed by atoms with van der Waals surface area (Å²) >= 11 is 0. The quantitative estimate of drug-likeness (QED) is 0.519. The van der Waals surface area contributed by atoms with Crippen molar-refractivity contribution in [2.24, 2.45) is 0 Å². The van der Waals surface area contributed by atoms with Crippen molar-refractivity contribution in [2.75, 3.05) is 0 Å². The molecule has 0 spiro atoms. The largest absolute Gasteiger partial charge is 0.0696 e. The zero-order chi connectivity index (χ0) is 17.6. The van der Waals surface area contributed by atoms with Gasteiger partial charge in [-0.15, -0.1) is 0 Å². The van der Waals surface area contributed by atoms with Gasteiger partial charge in [-0.25, -0.2) is 0 Å². The lowest BCUT2D eigenvalue weighted by Crippen LogP contribution is -2.22. The molecule has 0 aromatic heterocycles. The fraction of sp³-hybridized carbons (Fsp3) is 0.200. The fourth-order valence-electron chi connectivity index (χ4n) is 3.76. The molecule has 1 saturated carbocycles. The first kappa shape index (κ1) is 17.3. The van der Waals surface area contributed by atoms with Gasteiger partial charge in [-0.05, 0) is 55.1 Å². The van der Waals surface area contributed by atoms with Crippen molar-refractivity contribution in [2.45, 2.75) is 32.1 Å². The lowest BCUT2D eigenvalue weighted by Gasteiger charge is -2.22. The van der Waals surface area contributed by atoms with Crippen molar-refractivity contribution < 1.29 is 0 Å². The van der Waals surface area contributed by atoms with Crippen LogP contribution < -0.4 is 15.9 Å². The van der Waals surface area contributed by atoms with Crippen LogP contribution in [0.4, 0.5) is 0 Å². The normalized spacial score (nSPS) is 14.4. The highest BCUT2D eigenvalue weighted by atomic mass is 31.1. The van der Waals surface area contributed by atoms with Gasteiger partial charge in [-0.2, -0.15) is 0 Å². The van der Waals surface area contributed by atoms with Crippen molar-refractivity contribution in [1.82, 2.24) is 0 Å². The summed E-state index contributed by atoms with van der Waals surface area (Å²) in [6, 6.07) is 31.0. The highest BCUT2D eigenvalue weighted by molar-refractivity contribution is 7.80. The summed E-state index contributed by atoms with van der Waals surface area (Å²) in [5, 5.41) is 4.31. The van der Waals surface area contributed by atoms with E-state index < -0.39 is 7.92 Å². The van der Waals surface area contributed by atoms with E-state index in [4.69, 9.17) is 0 Å². The first-order valence-corrected chi connectivity index (χ1v) is 10.9. The van der Waals surface area contributed by atoms with Gasteiger partial charge in [-0.3, -0.25) is 0 Å². The van der Waals surface area contributed by atoms with Crippen LogP contribution >= 0.6 is 7.92 Å². The summed E-state index contributed by atoms with van der Waals surface area (Å²) in [7, 11) is -0.538. The molecule has 0 atom stereocenters. The standard InChI is InChI=1S/C25H25P/c1-4-12-21(13-5-1)20-22-14-10-11-19-25(22)26(23-15-6-2-7-16-23)24-17-8-3-9-18-24/h2-3,6-11,14-20H,1,4-5,12-13H2. The third-order valence-corrected chi connectivity index (χ3v) is 7.58. The minimum atomic E-state index is -0.538. The Morgan fingerprint density at radius 3 is 1.73 bits per heavy atom. The molecule has 0 unspecified atom stereocenters. The summed E-state index contributed by atoms with van der Waals surface area (Å²) in [4.78, 5) is 0. The number of hydrogen-bond acceptors (Lipinski definition) is 0. The fourth-order valence-corrected chi connectivity index (χ4v) is 6.19. The van der Waals surface area contributed by atoms with E-state index in [-0.39, 0.29) is 0 Å². The van der Waals surface area contributed by atoms with Crippen LogP contribution in [-0.2, 0) is 0 Å². The van der Waals surface area contributed by atoms with Gasteiger partial charge in [0.25, 0.3) is 0 Å². The molecule has 1 fully saturated rings. The second-order valence-corrected chi connectivity index (χ2v) is 9.11. The molecule has 1 aliphatic rings. The van der Waals surface area contributed by atoms with Gasteiger partial charge >= 0.3 is 0 Å². The molecular formula is C25H25P. The summed E-state index contributed by atoms with van der Waals surface area (Å²) in [6.07, 6.45) is 9.10. The second-order valence-electron chi connectivity index (χ2n) is 6.93. The lowest BCUT2D eigenvalue weighted by atomic mass is 9.93. The Balaban J connectivity index is 1.82. The van der Waals surface area contributed by atoms with Gasteiger partial charge in [0.1, 0.15) is 0 Å². The van der Waals surface area contributed by atoms with E-state index in [1.54, 1.807) is 5.57 Å². The lowest BCUT2D eigenvalue weighted by molar-refractivity contribution is 0.602. The average Bonchev–Trinajstić information content (AvgIpc) is 2.72. The van der Waals surface area contributed by atoms with Crippen molar-refractivity contribution in [3.8, 4) is 0 Å². The average molecular weight is 356 g/mol. The Morgan fingerprint density at radius 1 is 0.577 bits per heavy atom. The minimum Gasteiger partial charge on any atom is -0.0696 e. The SMILES string of the molecule is C(=C1CCCCC1)c1ccccc1P(c1ccccc1)c1ccccc1. The van der Waals surface area contributed by atoms with Crippen molar-refractivity contribution in [3.05, 3.63) is 96.1 Å². The van der Waals surface area contributed by atoms with Crippen LogP contribution in [0.2, 0.25) is 0 Å². The van der Waals surface area contributed by atoms with Gasteiger partial charge in [-0.1, -0.05) is 103 Å². The summed E-state index contributed by atoms with van der Waals surface area (Å²) < 4.78 is 0. The molecule has 26 heavy (non-hydrogen) atoms. The summed E-state index contributed by atoms with van der Waals surface area (Å²) in [5.41, 5.74) is 3.03. The Kier molecular flexibility index (Phi) is 5.62. The Hall–Kier alpha value is -2.17. The monoisotopic (exact) mass is 356 g/mol. The van der Waals surface area contributed by atoms with E-state index in [0.717, 1.165) is 0 Å². The van der Waals surface area contributed by atoms with E-state index in [1.165, 1.54) is 53.6 Å². The van der Waals surface area contributed by atoms with E-state index in [2.05, 4.69) is 91.0 Å². The predicted octanol–water partition coefficient (Wildman–Crippen LogP) is 5.79.